The standard InChI is InChI=1S/C58H37N3/c1-4-17-38(18-5-1)39-31-33-40(34-32-39)55-47-27-12-15-30-54(47)60-57(61-55)42-20-16-19-41(35-42)56-50-36-49-45-25-10-13-28-51(45)58(43-21-6-2-7-22-43,44-23-8-3-9-24-44)52(49)37-48(50)46-26-11-14-29-53(46)59-56/h1-37H. The van der Waals surface area contributed by atoms with Crippen LogP contribution in [0, 0.1) is 0 Å². The van der Waals surface area contributed by atoms with Crippen LogP contribution in [-0.2, 0) is 5.41 Å². The maximum absolute atomic E-state index is 5.45. The third-order valence-electron chi connectivity index (χ3n) is 12.5. The molecule has 2 aromatic heterocycles. The van der Waals surface area contributed by atoms with Crippen molar-refractivity contribution < 1.29 is 0 Å². The summed E-state index contributed by atoms with van der Waals surface area (Å²) in [5.41, 5.74) is 16.1. The molecule has 0 atom stereocenters. The largest absolute Gasteiger partial charge is 0.247 e. The van der Waals surface area contributed by atoms with Gasteiger partial charge in [0.25, 0.3) is 0 Å². The summed E-state index contributed by atoms with van der Waals surface area (Å²) in [5, 5.41) is 4.44. The Kier molecular flexibility index (Phi) is 8.07. The van der Waals surface area contributed by atoms with Crippen molar-refractivity contribution >= 4 is 32.6 Å². The molecular formula is C58H37N3. The fourth-order valence-electron chi connectivity index (χ4n) is 9.79. The second kappa shape index (κ2) is 14.1. The molecular weight excluding hydrogens is 739 g/mol. The Labute approximate surface area is 354 Å². The van der Waals surface area contributed by atoms with Gasteiger partial charge < -0.3 is 0 Å². The van der Waals surface area contributed by atoms with Gasteiger partial charge >= 0.3 is 0 Å². The van der Waals surface area contributed by atoms with Crippen molar-refractivity contribution in [1.82, 2.24) is 15.0 Å². The highest BCUT2D eigenvalue weighted by Crippen LogP contribution is 2.57. The van der Waals surface area contributed by atoms with E-state index in [4.69, 9.17) is 15.0 Å². The summed E-state index contributed by atoms with van der Waals surface area (Å²) < 4.78 is 0. The Hall–Kier alpha value is -8.01. The molecule has 0 aliphatic heterocycles. The molecule has 0 unspecified atom stereocenters. The predicted molar refractivity (Wildman–Crippen MR) is 251 cm³/mol. The molecule has 2 heterocycles. The van der Waals surface area contributed by atoms with Crippen LogP contribution in [0.25, 0.3) is 88.7 Å². The van der Waals surface area contributed by atoms with Gasteiger partial charge in [0.1, 0.15) is 0 Å². The van der Waals surface area contributed by atoms with Gasteiger partial charge in [0.2, 0.25) is 0 Å². The Morgan fingerprint density at radius 2 is 0.820 bits per heavy atom. The van der Waals surface area contributed by atoms with E-state index in [1.54, 1.807) is 0 Å². The van der Waals surface area contributed by atoms with Crippen LogP contribution >= 0.6 is 0 Å². The van der Waals surface area contributed by atoms with Gasteiger partial charge in [0, 0.05) is 32.8 Å². The quantitative estimate of drug-likeness (QED) is 0.158. The van der Waals surface area contributed by atoms with Crippen molar-refractivity contribution in [1.29, 1.82) is 0 Å². The zero-order chi connectivity index (χ0) is 40.3. The van der Waals surface area contributed by atoms with Crippen LogP contribution in [0.1, 0.15) is 22.3 Å². The van der Waals surface area contributed by atoms with Gasteiger partial charge in [0.05, 0.1) is 27.8 Å². The summed E-state index contributed by atoms with van der Waals surface area (Å²) >= 11 is 0. The van der Waals surface area contributed by atoms with Gasteiger partial charge in [-0.2, -0.15) is 0 Å². The zero-order valence-corrected chi connectivity index (χ0v) is 33.2. The second-order valence-corrected chi connectivity index (χ2v) is 15.9. The molecule has 0 saturated heterocycles. The minimum absolute atomic E-state index is 0.500. The van der Waals surface area contributed by atoms with Gasteiger partial charge in [-0.05, 0) is 80.2 Å². The number of hydrogen-bond acceptors (Lipinski definition) is 3. The van der Waals surface area contributed by atoms with Crippen molar-refractivity contribution in [2.45, 2.75) is 5.41 Å². The molecule has 0 amide bonds. The van der Waals surface area contributed by atoms with Crippen molar-refractivity contribution in [3.05, 3.63) is 247 Å². The first-order valence-electron chi connectivity index (χ1n) is 20.9. The highest BCUT2D eigenvalue weighted by Gasteiger charge is 2.46. The van der Waals surface area contributed by atoms with Crippen molar-refractivity contribution in [2.24, 2.45) is 0 Å². The van der Waals surface area contributed by atoms with Crippen LogP contribution in [0.15, 0.2) is 224 Å². The maximum atomic E-state index is 5.45. The van der Waals surface area contributed by atoms with E-state index in [-0.39, 0.29) is 0 Å². The summed E-state index contributed by atoms with van der Waals surface area (Å²) in [7, 11) is 0. The smallest absolute Gasteiger partial charge is 0.160 e. The SMILES string of the molecule is c1ccc(-c2ccc(-c3nc(-c4cccc(-c5nc6ccccc6c6cc7c(cc56)-c5ccccc5C7(c5ccccc5)c5ccccc5)c4)nc4ccccc34)cc2)cc1. The third-order valence-corrected chi connectivity index (χ3v) is 12.5. The Balaban J connectivity index is 1.06. The van der Waals surface area contributed by atoms with E-state index in [1.807, 2.05) is 12.1 Å². The number of rotatable bonds is 6. The number of nitrogens with zero attached hydrogens (tertiary/aromatic N) is 3. The van der Waals surface area contributed by atoms with E-state index in [2.05, 4.69) is 212 Å². The maximum Gasteiger partial charge on any atom is 0.160 e. The first-order chi connectivity index (χ1) is 30.2. The van der Waals surface area contributed by atoms with Gasteiger partial charge in [-0.3, -0.25) is 0 Å². The fourth-order valence-corrected chi connectivity index (χ4v) is 9.79. The van der Waals surface area contributed by atoms with Crippen LogP contribution < -0.4 is 0 Å². The number of hydrogen-bond donors (Lipinski definition) is 0. The first-order valence-corrected chi connectivity index (χ1v) is 20.9. The first kappa shape index (κ1) is 35.0. The van der Waals surface area contributed by atoms with Crippen molar-refractivity contribution in [2.75, 3.05) is 0 Å². The normalized spacial score (nSPS) is 12.7. The van der Waals surface area contributed by atoms with Crippen LogP contribution in [0.2, 0.25) is 0 Å². The number of para-hydroxylation sites is 2. The van der Waals surface area contributed by atoms with Crippen molar-refractivity contribution in [3.8, 4) is 56.2 Å². The minimum Gasteiger partial charge on any atom is -0.247 e. The van der Waals surface area contributed by atoms with E-state index >= 15 is 0 Å². The van der Waals surface area contributed by atoms with E-state index < -0.39 is 5.41 Å². The molecule has 61 heavy (non-hydrogen) atoms. The minimum atomic E-state index is -0.500. The lowest BCUT2D eigenvalue weighted by Gasteiger charge is -2.34. The molecule has 1 aliphatic carbocycles. The molecule has 1 aliphatic rings. The fraction of sp³-hybridized carbons (Fsp3) is 0.0172. The van der Waals surface area contributed by atoms with Crippen LogP contribution in [0.5, 0.6) is 0 Å². The molecule has 0 radical (unpaired) electrons. The molecule has 0 saturated carbocycles. The second-order valence-electron chi connectivity index (χ2n) is 15.9. The molecule has 11 aromatic rings. The molecule has 0 N–H and O–H groups in total. The topological polar surface area (TPSA) is 38.7 Å². The molecule has 284 valence electrons. The van der Waals surface area contributed by atoms with Crippen molar-refractivity contribution in [3.63, 3.8) is 0 Å². The summed E-state index contributed by atoms with van der Waals surface area (Å²) in [4.78, 5) is 15.9. The van der Waals surface area contributed by atoms with Gasteiger partial charge in [-0.1, -0.05) is 194 Å². The number of pyridine rings is 1. The number of fused-ring (bicyclic) bond motifs is 7. The number of aromatic nitrogens is 3. The predicted octanol–water partition coefficient (Wildman–Crippen LogP) is 14.4. The van der Waals surface area contributed by atoms with Gasteiger partial charge in [-0.15, -0.1) is 0 Å². The molecule has 9 aromatic carbocycles. The third kappa shape index (κ3) is 5.55. The highest BCUT2D eigenvalue weighted by molar-refractivity contribution is 6.13. The Morgan fingerprint density at radius 1 is 0.279 bits per heavy atom. The average molecular weight is 776 g/mol. The van der Waals surface area contributed by atoms with Crippen LogP contribution in [-0.4, -0.2) is 15.0 Å². The highest BCUT2D eigenvalue weighted by atomic mass is 14.9. The lowest BCUT2D eigenvalue weighted by molar-refractivity contribution is 0.769. The summed E-state index contributed by atoms with van der Waals surface area (Å²) in [5.74, 6) is 0.679. The molecule has 12 rings (SSSR count). The Morgan fingerprint density at radius 3 is 1.56 bits per heavy atom. The summed E-state index contributed by atoms with van der Waals surface area (Å²) in [6.07, 6.45) is 0. The summed E-state index contributed by atoms with van der Waals surface area (Å²) in [6.45, 7) is 0. The molecule has 0 bridgehead atoms. The lowest BCUT2D eigenvalue weighted by Crippen LogP contribution is -2.28. The molecule has 3 nitrogen and oxygen atoms in total. The van der Waals surface area contributed by atoms with Gasteiger partial charge in [-0.25, -0.2) is 15.0 Å². The molecule has 3 heteroatoms. The van der Waals surface area contributed by atoms with Gasteiger partial charge in [0.15, 0.2) is 5.82 Å². The van der Waals surface area contributed by atoms with E-state index in [9.17, 15) is 0 Å². The number of benzene rings is 9. The van der Waals surface area contributed by atoms with E-state index in [0.717, 1.165) is 55.3 Å². The van der Waals surface area contributed by atoms with Crippen LogP contribution in [0.4, 0.5) is 0 Å². The lowest BCUT2D eigenvalue weighted by atomic mass is 9.67. The van der Waals surface area contributed by atoms with E-state index in [1.165, 1.54) is 49.9 Å². The molecule has 0 spiro atoms. The zero-order valence-electron chi connectivity index (χ0n) is 33.2. The average Bonchev–Trinajstić information content (AvgIpc) is 3.63. The van der Waals surface area contributed by atoms with Crippen LogP contribution in [0.3, 0.4) is 0 Å². The Bertz CT molecular complexity index is 3410. The van der Waals surface area contributed by atoms with E-state index in [0.29, 0.717) is 5.82 Å². The monoisotopic (exact) mass is 775 g/mol. The summed E-state index contributed by atoms with van der Waals surface area (Å²) in [6, 6.07) is 80.4. The molecule has 0 fully saturated rings.